The number of nitrogens with two attached hydrogens (primary N) is 1. The van der Waals surface area contributed by atoms with Gasteiger partial charge in [0.15, 0.2) is 0 Å². The van der Waals surface area contributed by atoms with E-state index in [1.807, 2.05) is 24.3 Å². The van der Waals surface area contributed by atoms with Crippen LogP contribution in [0, 0.1) is 5.92 Å². The summed E-state index contributed by atoms with van der Waals surface area (Å²) in [6.45, 7) is 5.20. The van der Waals surface area contributed by atoms with E-state index in [9.17, 15) is 14.4 Å². The maximum atomic E-state index is 12.5. The SMILES string of the molecule is CCCCCCCC/C=C\CCCCCCCC(=O)OCC(CN=Cc1ccc(CC(N)C=O)cc1)COC(=O)CCCCCCCCC. The summed E-state index contributed by atoms with van der Waals surface area (Å²) < 4.78 is 11.2. The van der Waals surface area contributed by atoms with Crippen LogP contribution in [-0.2, 0) is 30.3 Å². The summed E-state index contributed by atoms with van der Waals surface area (Å²) in [6, 6.07) is 7.23. The predicted molar refractivity (Wildman–Crippen MR) is 204 cm³/mol. The van der Waals surface area contributed by atoms with Gasteiger partial charge in [0.2, 0.25) is 0 Å². The van der Waals surface area contributed by atoms with Gasteiger partial charge in [0.25, 0.3) is 0 Å². The van der Waals surface area contributed by atoms with Crippen LogP contribution in [0.3, 0.4) is 0 Å². The molecular weight excluding hydrogens is 612 g/mol. The van der Waals surface area contributed by atoms with Crippen LogP contribution in [0.25, 0.3) is 0 Å². The van der Waals surface area contributed by atoms with E-state index in [1.165, 1.54) is 83.5 Å². The average molecular weight is 683 g/mol. The number of aldehydes is 1. The van der Waals surface area contributed by atoms with Crippen molar-refractivity contribution in [1.29, 1.82) is 0 Å². The predicted octanol–water partition coefficient (Wildman–Crippen LogP) is 10.1. The maximum Gasteiger partial charge on any atom is 0.305 e. The number of ether oxygens (including phenoxy) is 2. The van der Waals surface area contributed by atoms with Crippen LogP contribution in [0.2, 0.25) is 0 Å². The zero-order valence-electron chi connectivity index (χ0n) is 31.2. The highest BCUT2D eigenvalue weighted by molar-refractivity contribution is 5.79. The van der Waals surface area contributed by atoms with E-state index in [0.29, 0.717) is 25.8 Å². The first kappa shape index (κ1) is 44.2. The monoisotopic (exact) mass is 683 g/mol. The summed E-state index contributed by atoms with van der Waals surface area (Å²) in [7, 11) is 0. The third-order valence-corrected chi connectivity index (χ3v) is 8.82. The Labute approximate surface area is 299 Å². The highest BCUT2D eigenvalue weighted by Gasteiger charge is 2.15. The number of carbonyl (C=O) groups is 3. The van der Waals surface area contributed by atoms with E-state index in [-0.39, 0.29) is 31.1 Å². The zero-order valence-corrected chi connectivity index (χ0v) is 31.2. The quantitative estimate of drug-likeness (QED) is 0.0260. The number of carbonyl (C=O) groups excluding carboxylic acids is 3. The molecule has 7 heteroatoms. The van der Waals surface area contributed by atoms with E-state index in [1.54, 1.807) is 6.21 Å². The van der Waals surface area contributed by atoms with E-state index in [2.05, 4.69) is 31.0 Å². The number of esters is 2. The van der Waals surface area contributed by atoms with Crippen LogP contribution in [0.5, 0.6) is 0 Å². The Morgan fingerprint density at radius 1 is 0.673 bits per heavy atom. The molecule has 1 aromatic rings. The average Bonchev–Trinajstić information content (AvgIpc) is 3.11. The molecular formula is C42H70N2O5. The summed E-state index contributed by atoms with van der Waals surface area (Å²) in [5.41, 5.74) is 7.63. The Morgan fingerprint density at radius 2 is 1.12 bits per heavy atom. The second kappa shape index (κ2) is 32.4. The van der Waals surface area contributed by atoms with Gasteiger partial charge in [-0.15, -0.1) is 0 Å². The van der Waals surface area contributed by atoms with Crippen LogP contribution >= 0.6 is 0 Å². The minimum Gasteiger partial charge on any atom is -0.465 e. The molecule has 0 aliphatic rings. The van der Waals surface area contributed by atoms with Gasteiger partial charge in [0.05, 0.1) is 19.3 Å². The summed E-state index contributed by atoms with van der Waals surface area (Å²) >= 11 is 0. The minimum absolute atomic E-state index is 0.175. The smallest absolute Gasteiger partial charge is 0.305 e. The van der Waals surface area contributed by atoms with E-state index in [0.717, 1.165) is 62.4 Å². The number of unbranched alkanes of at least 4 members (excludes halogenated alkanes) is 17. The molecule has 0 heterocycles. The molecule has 0 aliphatic heterocycles. The first-order valence-corrected chi connectivity index (χ1v) is 19.7. The van der Waals surface area contributed by atoms with Crippen molar-refractivity contribution in [3.05, 3.63) is 47.5 Å². The molecule has 2 unspecified atom stereocenters. The Hall–Kier alpha value is -2.80. The van der Waals surface area contributed by atoms with Gasteiger partial charge >= 0.3 is 11.9 Å². The largest absolute Gasteiger partial charge is 0.465 e. The number of allylic oxidation sites excluding steroid dienone is 2. The molecule has 278 valence electrons. The summed E-state index contributed by atoms with van der Waals surface area (Å²) in [5.74, 6) is -0.617. The Morgan fingerprint density at radius 3 is 1.59 bits per heavy atom. The van der Waals surface area contributed by atoms with Gasteiger partial charge < -0.3 is 20.0 Å². The lowest BCUT2D eigenvalue weighted by atomic mass is 10.1. The van der Waals surface area contributed by atoms with Crippen molar-refractivity contribution in [2.75, 3.05) is 19.8 Å². The second-order valence-electron chi connectivity index (χ2n) is 13.7. The van der Waals surface area contributed by atoms with E-state index in [4.69, 9.17) is 15.2 Å². The van der Waals surface area contributed by atoms with Crippen molar-refractivity contribution in [3.63, 3.8) is 0 Å². The van der Waals surface area contributed by atoms with Gasteiger partial charge in [-0.25, -0.2) is 0 Å². The van der Waals surface area contributed by atoms with Gasteiger partial charge in [-0.2, -0.15) is 0 Å². The Balaban J connectivity index is 2.37. The van der Waals surface area contributed by atoms with Gasteiger partial charge in [0.1, 0.15) is 6.29 Å². The molecule has 0 fully saturated rings. The van der Waals surface area contributed by atoms with Crippen molar-refractivity contribution in [1.82, 2.24) is 0 Å². The maximum absolute atomic E-state index is 12.5. The van der Waals surface area contributed by atoms with Gasteiger partial charge in [-0.3, -0.25) is 14.6 Å². The normalized spacial score (nSPS) is 12.8. The summed E-state index contributed by atoms with van der Waals surface area (Å²) in [5, 5.41) is 0. The fourth-order valence-electron chi connectivity index (χ4n) is 5.65. The molecule has 7 nitrogen and oxygen atoms in total. The van der Waals surface area contributed by atoms with Crippen molar-refractivity contribution >= 4 is 24.4 Å². The molecule has 0 radical (unpaired) electrons. The molecule has 0 aromatic heterocycles. The topological polar surface area (TPSA) is 108 Å². The van der Waals surface area contributed by atoms with Gasteiger partial charge in [0, 0.05) is 31.5 Å². The highest BCUT2D eigenvalue weighted by Crippen LogP contribution is 2.13. The first-order valence-electron chi connectivity index (χ1n) is 19.7. The van der Waals surface area contributed by atoms with Crippen LogP contribution < -0.4 is 5.73 Å². The van der Waals surface area contributed by atoms with Crippen LogP contribution in [0.4, 0.5) is 0 Å². The van der Waals surface area contributed by atoms with Gasteiger partial charge in [-0.05, 0) is 56.1 Å². The summed E-state index contributed by atoms with van der Waals surface area (Å²) in [4.78, 5) is 40.3. The molecule has 1 rings (SSSR count). The zero-order chi connectivity index (χ0) is 35.6. The molecule has 0 aliphatic carbocycles. The van der Waals surface area contributed by atoms with Crippen LogP contribution in [0.15, 0.2) is 41.4 Å². The molecule has 0 saturated heterocycles. The number of hydrogen-bond donors (Lipinski definition) is 1. The Kier molecular flexibility index (Phi) is 29.2. The third-order valence-electron chi connectivity index (χ3n) is 8.82. The molecule has 1 aromatic carbocycles. The number of nitrogens with zero attached hydrogens (tertiary/aromatic N) is 1. The molecule has 2 atom stereocenters. The first-order chi connectivity index (χ1) is 24.0. The highest BCUT2D eigenvalue weighted by atomic mass is 16.5. The standard InChI is InChI=1S/C42H70N2O5/c1-3-5-7-9-11-12-13-14-15-16-17-18-20-22-24-26-42(47)49-36-39(35-48-41(46)25-23-21-19-10-8-6-4-2)33-44-32-38-29-27-37(28-30-38)31-40(43)34-45/h14-15,27-30,32,34,39-40H,3-13,16-26,31,33,35-36,43H2,1-2H3/b15-14-,44-32?. The molecule has 0 spiro atoms. The number of hydrogen-bond acceptors (Lipinski definition) is 7. The fourth-order valence-corrected chi connectivity index (χ4v) is 5.65. The molecule has 2 N–H and O–H groups in total. The van der Waals surface area contributed by atoms with E-state index >= 15 is 0 Å². The van der Waals surface area contributed by atoms with Crippen LogP contribution in [-0.4, -0.2) is 50.2 Å². The van der Waals surface area contributed by atoms with E-state index < -0.39 is 6.04 Å². The van der Waals surface area contributed by atoms with Crippen molar-refractivity contribution in [2.45, 2.75) is 168 Å². The Bertz CT molecular complexity index is 1010. The molecule has 0 amide bonds. The number of aliphatic imine (C=N–C) groups is 1. The van der Waals surface area contributed by atoms with Crippen LogP contribution in [0.1, 0.15) is 166 Å². The fraction of sp³-hybridized carbons (Fsp3) is 0.714. The summed E-state index contributed by atoms with van der Waals surface area (Å²) in [6.07, 6.45) is 32.4. The lowest BCUT2D eigenvalue weighted by Gasteiger charge is -2.15. The van der Waals surface area contributed by atoms with Gasteiger partial charge in [-0.1, -0.05) is 140 Å². The minimum atomic E-state index is -0.506. The third kappa shape index (κ3) is 27.7. The second-order valence-corrected chi connectivity index (χ2v) is 13.7. The number of benzene rings is 1. The molecule has 0 bridgehead atoms. The lowest BCUT2D eigenvalue weighted by molar-refractivity contribution is -0.148. The van der Waals surface area contributed by atoms with Crippen molar-refractivity contribution in [2.24, 2.45) is 16.6 Å². The molecule has 49 heavy (non-hydrogen) atoms. The molecule has 0 saturated carbocycles. The van der Waals surface area contributed by atoms with Crippen molar-refractivity contribution in [3.8, 4) is 0 Å². The lowest BCUT2D eigenvalue weighted by Crippen LogP contribution is -2.24. The number of rotatable bonds is 33. The van der Waals surface area contributed by atoms with Crippen molar-refractivity contribution < 1.29 is 23.9 Å².